The largest absolute Gasteiger partial charge is 0.416 e. The molecule has 36 heavy (non-hydrogen) atoms. The Hall–Kier alpha value is -2.66. The molecule has 11 heteroatoms. The summed E-state index contributed by atoms with van der Waals surface area (Å²) in [7, 11) is 0. The van der Waals surface area contributed by atoms with E-state index in [0.717, 1.165) is 5.56 Å². The van der Waals surface area contributed by atoms with Crippen LogP contribution in [0.4, 0.5) is 26.3 Å². The molecule has 198 valence electrons. The number of alkyl halides is 6. The van der Waals surface area contributed by atoms with Crippen molar-refractivity contribution < 1.29 is 41.3 Å². The molecule has 3 rings (SSSR count). The summed E-state index contributed by atoms with van der Waals surface area (Å²) in [5.74, 6) is 0. The molecule has 0 amide bonds. The highest BCUT2D eigenvalue weighted by Crippen LogP contribution is 2.39. The SMILES string of the molecule is CCC[C@@]1([N+](=O)[O-])CC[C@@](CO[C@H](C)c2cc(C(F)(F)F)cc(C(F)(F)F)c2)(c2ccccc2)[NH2+]C1. The molecule has 2 aromatic carbocycles. The molecule has 3 atom stereocenters. The quantitative estimate of drug-likeness (QED) is 0.270. The van der Waals surface area contributed by atoms with Gasteiger partial charge in [0.1, 0.15) is 18.7 Å². The Kier molecular flexibility index (Phi) is 8.04. The van der Waals surface area contributed by atoms with Crippen molar-refractivity contribution in [3.8, 4) is 0 Å². The van der Waals surface area contributed by atoms with Crippen LogP contribution in [0.2, 0.25) is 0 Å². The predicted octanol–water partition coefficient (Wildman–Crippen LogP) is 5.87. The lowest BCUT2D eigenvalue weighted by molar-refractivity contribution is -0.788. The van der Waals surface area contributed by atoms with E-state index in [1.165, 1.54) is 6.92 Å². The zero-order valence-corrected chi connectivity index (χ0v) is 20.0. The second-order valence-corrected chi connectivity index (χ2v) is 9.45. The number of nitrogens with zero attached hydrogens (tertiary/aromatic N) is 1. The molecule has 2 N–H and O–H groups in total. The molecule has 5 nitrogen and oxygen atoms in total. The summed E-state index contributed by atoms with van der Waals surface area (Å²) in [6, 6.07) is 10.5. The molecule has 2 aromatic rings. The average Bonchev–Trinajstić information content (AvgIpc) is 2.83. The Labute approximate surface area is 205 Å². The van der Waals surface area contributed by atoms with Crippen molar-refractivity contribution in [3.63, 3.8) is 0 Å². The molecule has 1 aliphatic rings. The van der Waals surface area contributed by atoms with E-state index in [2.05, 4.69) is 0 Å². The van der Waals surface area contributed by atoms with Crippen molar-refractivity contribution in [2.24, 2.45) is 0 Å². The summed E-state index contributed by atoms with van der Waals surface area (Å²) in [5, 5.41) is 13.7. The minimum absolute atomic E-state index is 0.0459. The third-order valence-corrected chi connectivity index (χ3v) is 7.03. The minimum Gasteiger partial charge on any atom is -0.367 e. The lowest BCUT2D eigenvalue weighted by Gasteiger charge is -2.40. The van der Waals surface area contributed by atoms with Crippen LogP contribution in [0.5, 0.6) is 0 Å². The fourth-order valence-electron chi connectivity index (χ4n) is 4.83. The number of rotatable bonds is 8. The summed E-state index contributed by atoms with van der Waals surface area (Å²) in [4.78, 5) is 11.6. The molecule has 1 fully saturated rings. The number of hydrogen-bond acceptors (Lipinski definition) is 3. The van der Waals surface area contributed by atoms with Crippen molar-refractivity contribution in [2.45, 2.75) is 69.1 Å². The van der Waals surface area contributed by atoms with E-state index in [1.807, 2.05) is 30.4 Å². The van der Waals surface area contributed by atoms with Crippen molar-refractivity contribution >= 4 is 0 Å². The number of nitrogens with two attached hydrogens (primary N) is 1. The van der Waals surface area contributed by atoms with Gasteiger partial charge >= 0.3 is 12.4 Å². The molecule has 0 radical (unpaired) electrons. The molecule has 1 aliphatic heterocycles. The van der Waals surface area contributed by atoms with Gasteiger partial charge in [0.2, 0.25) is 0 Å². The molecule has 0 aliphatic carbocycles. The van der Waals surface area contributed by atoms with Crippen molar-refractivity contribution in [1.82, 2.24) is 0 Å². The fraction of sp³-hybridized carbons (Fsp3) is 0.520. The Balaban J connectivity index is 1.89. The number of piperidine rings is 1. The van der Waals surface area contributed by atoms with Crippen LogP contribution in [-0.2, 0) is 22.6 Å². The second kappa shape index (κ2) is 10.4. The summed E-state index contributed by atoms with van der Waals surface area (Å²) in [6.07, 6.45) is -9.31. The van der Waals surface area contributed by atoms with E-state index in [0.29, 0.717) is 31.4 Å². The van der Waals surface area contributed by atoms with Gasteiger partial charge in [-0.3, -0.25) is 10.1 Å². The van der Waals surface area contributed by atoms with Gasteiger partial charge in [0, 0.05) is 29.7 Å². The van der Waals surface area contributed by atoms with Gasteiger partial charge in [-0.1, -0.05) is 37.3 Å². The molecular formula is C25H29F6N2O3+. The van der Waals surface area contributed by atoms with Gasteiger partial charge in [-0.2, -0.15) is 26.3 Å². The first-order chi connectivity index (χ1) is 16.7. The van der Waals surface area contributed by atoms with Gasteiger partial charge < -0.3 is 10.1 Å². The van der Waals surface area contributed by atoms with Crippen molar-refractivity contribution in [1.29, 1.82) is 0 Å². The van der Waals surface area contributed by atoms with Crippen LogP contribution < -0.4 is 5.32 Å². The Morgan fingerprint density at radius 3 is 2.06 bits per heavy atom. The van der Waals surface area contributed by atoms with E-state index in [1.54, 1.807) is 12.1 Å². The third-order valence-electron chi connectivity index (χ3n) is 7.03. The lowest BCUT2D eigenvalue weighted by atomic mass is 9.75. The number of ether oxygens (including phenoxy) is 1. The summed E-state index contributed by atoms with van der Waals surface area (Å²) < 4.78 is 85.7. The Morgan fingerprint density at radius 2 is 1.61 bits per heavy atom. The minimum atomic E-state index is -4.96. The summed E-state index contributed by atoms with van der Waals surface area (Å²) >= 11 is 0. The van der Waals surface area contributed by atoms with Gasteiger partial charge in [0.25, 0.3) is 5.54 Å². The maximum atomic E-state index is 13.3. The molecule has 0 unspecified atom stereocenters. The van der Waals surface area contributed by atoms with Crippen molar-refractivity contribution in [3.05, 3.63) is 80.9 Å². The van der Waals surface area contributed by atoms with Crippen molar-refractivity contribution in [2.75, 3.05) is 13.2 Å². The maximum absolute atomic E-state index is 13.3. The number of hydrogen-bond donors (Lipinski definition) is 1. The maximum Gasteiger partial charge on any atom is 0.416 e. The molecule has 0 bridgehead atoms. The monoisotopic (exact) mass is 519 g/mol. The number of halogens is 6. The van der Waals surface area contributed by atoms with Gasteiger partial charge in [0.15, 0.2) is 0 Å². The van der Waals surface area contributed by atoms with E-state index >= 15 is 0 Å². The molecule has 0 aromatic heterocycles. The summed E-state index contributed by atoms with van der Waals surface area (Å²) in [6.45, 7) is 3.41. The van der Waals surface area contributed by atoms with E-state index < -0.39 is 40.7 Å². The zero-order valence-electron chi connectivity index (χ0n) is 20.0. The normalized spacial score (nSPS) is 23.9. The molecule has 1 heterocycles. The zero-order chi connectivity index (χ0) is 26.8. The highest BCUT2D eigenvalue weighted by Gasteiger charge is 2.54. The first-order valence-corrected chi connectivity index (χ1v) is 11.7. The highest BCUT2D eigenvalue weighted by molar-refractivity contribution is 5.34. The van der Waals surface area contributed by atoms with Gasteiger partial charge in [-0.15, -0.1) is 0 Å². The van der Waals surface area contributed by atoms with E-state index in [9.17, 15) is 36.5 Å². The first-order valence-electron chi connectivity index (χ1n) is 11.7. The van der Waals surface area contributed by atoms with Gasteiger partial charge in [-0.25, -0.2) is 0 Å². The van der Waals surface area contributed by atoms with Crippen LogP contribution in [0, 0.1) is 10.1 Å². The van der Waals surface area contributed by atoms with Gasteiger partial charge in [0.05, 0.1) is 17.2 Å². The van der Waals surface area contributed by atoms with E-state index in [-0.39, 0.29) is 36.1 Å². The topological polar surface area (TPSA) is 69.0 Å². The molecule has 0 spiro atoms. The predicted molar refractivity (Wildman–Crippen MR) is 120 cm³/mol. The molecular weight excluding hydrogens is 490 g/mol. The average molecular weight is 520 g/mol. The van der Waals surface area contributed by atoms with Crippen LogP contribution in [0.3, 0.4) is 0 Å². The smallest absolute Gasteiger partial charge is 0.367 e. The lowest BCUT2D eigenvalue weighted by Crippen LogP contribution is -3.01. The number of nitro groups is 1. The van der Waals surface area contributed by atoms with Crippen LogP contribution in [-0.4, -0.2) is 23.6 Å². The number of benzene rings is 2. The first kappa shape index (κ1) is 27.9. The fourth-order valence-corrected chi connectivity index (χ4v) is 4.83. The highest BCUT2D eigenvalue weighted by atomic mass is 19.4. The molecule has 0 saturated carbocycles. The second-order valence-electron chi connectivity index (χ2n) is 9.45. The van der Waals surface area contributed by atoms with Gasteiger partial charge in [-0.05, 0) is 37.1 Å². The van der Waals surface area contributed by atoms with Crippen LogP contribution >= 0.6 is 0 Å². The standard InChI is InChI=1S/C25H28F6N2O3/c1-3-9-22(33(34)35)10-11-23(32-15-22,19-7-5-4-6-8-19)16-36-17(2)18-12-20(24(26,27)28)14-21(13-18)25(29,30)31/h4-8,12-14,17,32H,3,9-11,15-16H2,1-2H3/p+1/t17-,22-,23-/m1/s1. The van der Waals surface area contributed by atoms with Crippen LogP contribution in [0.25, 0.3) is 0 Å². The van der Waals surface area contributed by atoms with E-state index in [4.69, 9.17) is 4.74 Å². The van der Waals surface area contributed by atoms with Crippen LogP contribution in [0.1, 0.15) is 67.9 Å². The van der Waals surface area contributed by atoms with Crippen LogP contribution in [0.15, 0.2) is 48.5 Å². The number of quaternary nitrogens is 1. The molecule has 1 saturated heterocycles. The Morgan fingerprint density at radius 1 is 1.03 bits per heavy atom. The summed E-state index contributed by atoms with van der Waals surface area (Å²) in [5.41, 5.74) is -4.09. The third kappa shape index (κ3) is 6.00. The Bertz CT molecular complexity index is 1020.